The summed E-state index contributed by atoms with van der Waals surface area (Å²) in [7, 11) is 0. The molecule has 0 N–H and O–H groups in total. The zero-order chi connectivity index (χ0) is 11.6. The molecule has 0 bridgehead atoms. The number of carbonyl (C=O) groups is 2. The number of hydrogen-bond donors (Lipinski definition) is 0. The Balaban J connectivity index is 3.49. The highest BCUT2D eigenvalue weighted by atomic mass is 79.9. The minimum Gasteiger partial charge on any atom is -0.298 e. The van der Waals surface area contributed by atoms with E-state index >= 15 is 0 Å². The van der Waals surface area contributed by atoms with Gasteiger partial charge in [-0.2, -0.15) is 0 Å². The molecule has 0 saturated heterocycles. The summed E-state index contributed by atoms with van der Waals surface area (Å²) in [4.78, 5) is 21.6. The molecule has 80 valence electrons. The summed E-state index contributed by atoms with van der Waals surface area (Å²) in [5.41, 5.74) is -0.393. The molecule has 0 aromatic heterocycles. The molecule has 0 aliphatic heterocycles. The lowest BCUT2D eigenvalue weighted by atomic mass is 10.0. The first-order valence-electron chi connectivity index (χ1n) is 4.05. The van der Waals surface area contributed by atoms with E-state index in [9.17, 15) is 18.4 Å². The van der Waals surface area contributed by atoms with Gasteiger partial charge in [0.25, 0.3) is 6.43 Å². The second-order valence-corrected chi connectivity index (χ2v) is 3.70. The largest absolute Gasteiger partial charge is 0.298 e. The second kappa shape index (κ2) is 4.61. The van der Waals surface area contributed by atoms with E-state index in [0.717, 1.165) is 0 Å². The highest BCUT2D eigenvalue weighted by Gasteiger charge is 2.20. The van der Waals surface area contributed by atoms with E-state index in [2.05, 4.69) is 15.9 Å². The zero-order valence-electron chi connectivity index (χ0n) is 7.76. The van der Waals surface area contributed by atoms with Gasteiger partial charge in [0.2, 0.25) is 0 Å². The topological polar surface area (TPSA) is 34.1 Å². The van der Waals surface area contributed by atoms with Gasteiger partial charge in [-0.25, -0.2) is 8.78 Å². The van der Waals surface area contributed by atoms with E-state index in [1.165, 1.54) is 19.1 Å². The third-order valence-corrected chi connectivity index (χ3v) is 2.79. The molecule has 0 unspecified atom stereocenters. The molecule has 2 nitrogen and oxygen atoms in total. The number of carbonyl (C=O) groups excluding carboxylic acids is 2. The molecule has 5 heteroatoms. The number of aldehydes is 1. The molecule has 0 spiro atoms. The maximum Gasteiger partial charge on any atom is 0.265 e. The Kier molecular flexibility index (Phi) is 3.68. The Morgan fingerprint density at radius 3 is 2.47 bits per heavy atom. The molecule has 1 aromatic carbocycles. The van der Waals surface area contributed by atoms with Gasteiger partial charge in [0.15, 0.2) is 12.1 Å². The first-order chi connectivity index (χ1) is 6.99. The third-order valence-electron chi connectivity index (χ3n) is 1.94. The first-order valence-corrected chi connectivity index (χ1v) is 4.85. The van der Waals surface area contributed by atoms with E-state index in [-0.39, 0.29) is 21.4 Å². The predicted molar refractivity (Wildman–Crippen MR) is 54.5 cm³/mol. The fraction of sp³-hybridized carbons (Fsp3) is 0.200. The van der Waals surface area contributed by atoms with Crippen molar-refractivity contribution in [2.24, 2.45) is 0 Å². The van der Waals surface area contributed by atoms with Crippen LogP contribution in [0.2, 0.25) is 0 Å². The highest BCUT2D eigenvalue weighted by Crippen LogP contribution is 2.32. The van der Waals surface area contributed by atoms with Gasteiger partial charge in [0.1, 0.15) is 0 Å². The van der Waals surface area contributed by atoms with Crippen LogP contribution in [-0.2, 0) is 0 Å². The van der Waals surface area contributed by atoms with Crippen molar-refractivity contribution in [1.82, 2.24) is 0 Å². The summed E-state index contributed by atoms with van der Waals surface area (Å²) >= 11 is 2.91. The summed E-state index contributed by atoms with van der Waals surface area (Å²) < 4.78 is 25.2. The van der Waals surface area contributed by atoms with Gasteiger partial charge in [0, 0.05) is 21.2 Å². The molecule has 1 aromatic rings. The fourth-order valence-corrected chi connectivity index (χ4v) is 2.02. The highest BCUT2D eigenvalue weighted by molar-refractivity contribution is 9.10. The van der Waals surface area contributed by atoms with Crippen LogP contribution in [0.25, 0.3) is 0 Å². The lowest BCUT2D eigenvalue weighted by Gasteiger charge is -2.09. The minimum atomic E-state index is -2.79. The summed E-state index contributed by atoms with van der Waals surface area (Å²) in [6, 6.07) is 2.57. The standard InChI is InChI=1S/C10H7BrF2O2/c1-5(15)7-3-2-6(4-14)8(9(7)11)10(12)13/h2-4,10H,1H3. The van der Waals surface area contributed by atoms with Crippen LogP contribution >= 0.6 is 15.9 Å². The summed E-state index contributed by atoms with van der Waals surface area (Å²) in [5.74, 6) is -0.332. The molecule has 15 heavy (non-hydrogen) atoms. The minimum absolute atomic E-state index is 0.00500. The molecule has 0 saturated carbocycles. The number of Topliss-reactive ketones (excluding diaryl/α,β-unsaturated/α-hetero) is 1. The molecule has 0 heterocycles. The number of rotatable bonds is 3. The van der Waals surface area contributed by atoms with Crippen LogP contribution in [0.15, 0.2) is 16.6 Å². The average molecular weight is 277 g/mol. The van der Waals surface area contributed by atoms with Crippen LogP contribution in [-0.4, -0.2) is 12.1 Å². The Morgan fingerprint density at radius 2 is 2.07 bits per heavy atom. The zero-order valence-corrected chi connectivity index (χ0v) is 9.35. The number of halogens is 3. The number of alkyl halides is 2. The van der Waals surface area contributed by atoms with Crippen molar-refractivity contribution in [3.63, 3.8) is 0 Å². The van der Waals surface area contributed by atoms with E-state index in [1.807, 2.05) is 0 Å². The summed E-state index contributed by atoms with van der Waals surface area (Å²) in [6.45, 7) is 1.27. The molecule has 0 atom stereocenters. The van der Waals surface area contributed by atoms with Crippen molar-refractivity contribution in [3.8, 4) is 0 Å². The van der Waals surface area contributed by atoms with Gasteiger partial charge in [-0.3, -0.25) is 9.59 Å². The summed E-state index contributed by atoms with van der Waals surface area (Å²) in [6.07, 6.45) is -2.45. The van der Waals surface area contributed by atoms with Gasteiger partial charge >= 0.3 is 0 Å². The molecule has 1 rings (SSSR count). The molecular weight excluding hydrogens is 270 g/mol. The molecule has 0 fully saturated rings. The lowest BCUT2D eigenvalue weighted by Crippen LogP contribution is -2.02. The SMILES string of the molecule is CC(=O)c1ccc(C=O)c(C(F)F)c1Br. The van der Waals surface area contributed by atoms with Gasteiger partial charge in [-0.1, -0.05) is 6.07 Å². The third kappa shape index (κ3) is 2.28. The fourth-order valence-electron chi connectivity index (χ4n) is 1.20. The smallest absolute Gasteiger partial charge is 0.265 e. The van der Waals surface area contributed by atoms with Crippen LogP contribution in [0.5, 0.6) is 0 Å². The molecule has 0 aliphatic carbocycles. The maximum atomic E-state index is 12.6. The van der Waals surface area contributed by atoms with Gasteiger partial charge in [0.05, 0.1) is 0 Å². The molecule has 0 aliphatic rings. The van der Waals surface area contributed by atoms with E-state index in [1.54, 1.807) is 0 Å². The summed E-state index contributed by atoms with van der Waals surface area (Å²) in [5, 5.41) is 0. The van der Waals surface area contributed by atoms with Crippen molar-refractivity contribution in [2.45, 2.75) is 13.3 Å². The average Bonchev–Trinajstić information content (AvgIpc) is 2.15. The van der Waals surface area contributed by atoms with E-state index < -0.39 is 12.0 Å². The number of ketones is 1. The van der Waals surface area contributed by atoms with Crippen molar-refractivity contribution in [3.05, 3.63) is 33.3 Å². The Bertz CT molecular complexity index is 416. The first kappa shape index (κ1) is 12.0. The monoisotopic (exact) mass is 276 g/mol. The van der Waals surface area contributed by atoms with Crippen LogP contribution in [0.1, 0.15) is 39.6 Å². The van der Waals surface area contributed by atoms with E-state index in [4.69, 9.17) is 0 Å². The lowest BCUT2D eigenvalue weighted by molar-refractivity contribution is 0.101. The van der Waals surface area contributed by atoms with E-state index in [0.29, 0.717) is 6.29 Å². The Labute approximate surface area is 93.4 Å². The Morgan fingerprint density at radius 1 is 1.47 bits per heavy atom. The molecular formula is C10H7BrF2O2. The van der Waals surface area contributed by atoms with Crippen LogP contribution in [0.3, 0.4) is 0 Å². The molecule has 0 radical (unpaired) electrons. The van der Waals surface area contributed by atoms with Crippen molar-refractivity contribution >= 4 is 28.0 Å². The van der Waals surface area contributed by atoms with Crippen LogP contribution < -0.4 is 0 Å². The molecule has 0 amide bonds. The normalized spacial score (nSPS) is 10.5. The second-order valence-electron chi connectivity index (χ2n) is 2.90. The van der Waals surface area contributed by atoms with Crippen molar-refractivity contribution in [2.75, 3.05) is 0 Å². The van der Waals surface area contributed by atoms with Gasteiger partial charge < -0.3 is 0 Å². The van der Waals surface area contributed by atoms with Gasteiger partial charge in [-0.15, -0.1) is 0 Å². The van der Waals surface area contributed by atoms with Gasteiger partial charge in [-0.05, 0) is 28.9 Å². The number of hydrogen-bond acceptors (Lipinski definition) is 2. The van der Waals surface area contributed by atoms with Crippen molar-refractivity contribution in [1.29, 1.82) is 0 Å². The predicted octanol–water partition coefficient (Wildman–Crippen LogP) is 3.40. The maximum absolute atomic E-state index is 12.6. The quantitative estimate of drug-likeness (QED) is 0.626. The van der Waals surface area contributed by atoms with Crippen molar-refractivity contribution < 1.29 is 18.4 Å². The Hall–Kier alpha value is -1.10. The van der Waals surface area contributed by atoms with Crippen LogP contribution in [0, 0.1) is 0 Å². The van der Waals surface area contributed by atoms with Crippen LogP contribution in [0.4, 0.5) is 8.78 Å². The number of benzene rings is 1.